The fourth-order valence-electron chi connectivity index (χ4n) is 2.35. The Morgan fingerprint density at radius 3 is 2.67 bits per heavy atom. The maximum atomic E-state index is 12.6. The summed E-state index contributed by atoms with van der Waals surface area (Å²) in [5, 5.41) is 12.4. The van der Waals surface area contributed by atoms with Crippen LogP contribution in [0.4, 0.5) is 0 Å². The highest BCUT2D eigenvalue weighted by Gasteiger charge is 2.29. The largest absolute Gasteiger partial charge is 0.491 e. The Morgan fingerprint density at radius 1 is 1.21 bits per heavy atom. The number of amides is 1. The zero-order valence-corrected chi connectivity index (χ0v) is 14.6. The summed E-state index contributed by atoms with van der Waals surface area (Å²) >= 11 is 6.03. The van der Waals surface area contributed by atoms with Gasteiger partial charge in [0.25, 0.3) is 0 Å². The van der Waals surface area contributed by atoms with Gasteiger partial charge in [-0.2, -0.15) is 0 Å². The normalized spacial score (nSPS) is 11.2. The van der Waals surface area contributed by atoms with Gasteiger partial charge >= 0.3 is 0 Å². The summed E-state index contributed by atoms with van der Waals surface area (Å²) in [6.07, 6.45) is 0. The van der Waals surface area contributed by atoms with Crippen LogP contribution in [0.3, 0.4) is 0 Å². The van der Waals surface area contributed by atoms with E-state index in [-0.39, 0.29) is 19.1 Å². The third-order valence-electron chi connectivity index (χ3n) is 3.87. The van der Waals surface area contributed by atoms with Gasteiger partial charge in [-0.1, -0.05) is 41.9 Å². The molecule has 0 aliphatic rings. The minimum absolute atomic E-state index is 0.0531. The van der Waals surface area contributed by atoms with Crippen molar-refractivity contribution >= 4 is 17.5 Å². The Morgan fingerprint density at radius 2 is 1.96 bits per heavy atom. The van der Waals surface area contributed by atoms with E-state index in [1.165, 1.54) is 0 Å². The minimum atomic E-state index is -0.703. The highest BCUT2D eigenvalue weighted by Crippen LogP contribution is 2.26. The highest BCUT2D eigenvalue weighted by molar-refractivity contribution is 6.30. The molecule has 2 aromatic rings. The highest BCUT2D eigenvalue weighted by atomic mass is 35.5. The molecule has 4 nitrogen and oxygen atoms in total. The average molecular weight is 348 g/mol. The van der Waals surface area contributed by atoms with Crippen molar-refractivity contribution in [3.63, 3.8) is 0 Å². The molecule has 2 rings (SSSR count). The van der Waals surface area contributed by atoms with E-state index in [9.17, 15) is 4.79 Å². The number of carbonyl (C=O) groups excluding carboxylic acids is 1. The smallest absolute Gasteiger partial charge is 0.230 e. The van der Waals surface area contributed by atoms with Gasteiger partial charge in [0.15, 0.2) is 0 Å². The third-order valence-corrected chi connectivity index (χ3v) is 4.11. The number of aliphatic hydroxyl groups excluding tert-OH is 1. The van der Waals surface area contributed by atoms with Crippen LogP contribution < -0.4 is 10.1 Å². The van der Waals surface area contributed by atoms with Gasteiger partial charge in [-0.25, -0.2) is 0 Å². The Hall–Kier alpha value is -2.04. The van der Waals surface area contributed by atoms with Crippen LogP contribution in [0.15, 0.2) is 48.5 Å². The van der Waals surface area contributed by atoms with Gasteiger partial charge in [0.2, 0.25) is 5.91 Å². The summed E-state index contributed by atoms with van der Waals surface area (Å²) in [7, 11) is 0. The van der Waals surface area contributed by atoms with Crippen molar-refractivity contribution in [3.05, 3.63) is 64.7 Å². The maximum Gasteiger partial charge on any atom is 0.230 e. The minimum Gasteiger partial charge on any atom is -0.491 e. The zero-order valence-electron chi connectivity index (χ0n) is 13.9. The molecule has 24 heavy (non-hydrogen) atoms. The zero-order chi connectivity index (χ0) is 17.6. The van der Waals surface area contributed by atoms with Gasteiger partial charge < -0.3 is 15.2 Å². The second-order valence-corrected chi connectivity index (χ2v) is 6.43. The predicted molar refractivity (Wildman–Crippen MR) is 95.3 cm³/mol. The van der Waals surface area contributed by atoms with E-state index in [0.29, 0.717) is 17.3 Å². The molecule has 2 aromatic carbocycles. The third kappa shape index (κ3) is 4.49. The van der Waals surface area contributed by atoms with E-state index in [4.69, 9.17) is 21.4 Å². The van der Waals surface area contributed by atoms with E-state index in [1.54, 1.807) is 12.1 Å². The molecule has 0 saturated heterocycles. The average Bonchev–Trinajstić information content (AvgIpc) is 2.58. The lowest BCUT2D eigenvalue weighted by Crippen LogP contribution is -2.39. The molecule has 0 atom stereocenters. The molecular formula is C19H22ClNO3. The fraction of sp³-hybridized carbons (Fsp3) is 0.316. The number of nitrogens with one attached hydrogen (secondary N) is 1. The standard InChI is InChI=1S/C19H22ClNO3/c1-19(2,15-7-5-8-16(20)12-15)18(23)21-13-14-6-3-4-9-17(14)24-11-10-22/h3-9,12,22H,10-11,13H2,1-2H3,(H,21,23). The molecular weight excluding hydrogens is 326 g/mol. The van der Waals surface area contributed by atoms with E-state index >= 15 is 0 Å². The van der Waals surface area contributed by atoms with Gasteiger partial charge in [-0.15, -0.1) is 0 Å². The number of hydrogen-bond donors (Lipinski definition) is 2. The molecule has 0 saturated carbocycles. The number of carbonyl (C=O) groups is 1. The van der Waals surface area contributed by atoms with Gasteiger partial charge in [-0.05, 0) is 37.6 Å². The maximum absolute atomic E-state index is 12.6. The van der Waals surface area contributed by atoms with E-state index in [2.05, 4.69) is 5.32 Å². The van der Waals surface area contributed by atoms with Gasteiger partial charge in [-0.3, -0.25) is 4.79 Å². The van der Waals surface area contributed by atoms with Crippen LogP contribution in [0.1, 0.15) is 25.0 Å². The summed E-state index contributed by atoms with van der Waals surface area (Å²) in [6.45, 7) is 4.25. The Kier molecular flexibility index (Phi) is 6.23. The predicted octanol–water partition coefficient (Wildman–Crippen LogP) is 3.31. The molecule has 0 spiro atoms. The second kappa shape index (κ2) is 8.18. The number of ether oxygens (including phenoxy) is 1. The molecule has 2 N–H and O–H groups in total. The van der Waals surface area contributed by atoms with E-state index < -0.39 is 5.41 Å². The van der Waals surface area contributed by atoms with Crippen LogP contribution in [0.5, 0.6) is 5.75 Å². The van der Waals surface area contributed by atoms with Crippen molar-refractivity contribution in [2.45, 2.75) is 25.8 Å². The van der Waals surface area contributed by atoms with Crippen molar-refractivity contribution in [1.82, 2.24) is 5.32 Å². The molecule has 0 heterocycles. The fourth-order valence-corrected chi connectivity index (χ4v) is 2.54. The van der Waals surface area contributed by atoms with Gasteiger partial charge in [0.1, 0.15) is 12.4 Å². The Labute approximate surface area is 147 Å². The van der Waals surface area contributed by atoms with Crippen LogP contribution >= 0.6 is 11.6 Å². The lowest BCUT2D eigenvalue weighted by molar-refractivity contribution is -0.125. The van der Waals surface area contributed by atoms with Crippen molar-refractivity contribution in [3.8, 4) is 5.75 Å². The van der Waals surface area contributed by atoms with Crippen LogP contribution in [0.25, 0.3) is 0 Å². The van der Waals surface area contributed by atoms with Crippen LogP contribution in [-0.4, -0.2) is 24.2 Å². The number of para-hydroxylation sites is 1. The van der Waals surface area contributed by atoms with Crippen LogP contribution in [0, 0.1) is 0 Å². The van der Waals surface area contributed by atoms with Gasteiger partial charge in [0.05, 0.1) is 12.0 Å². The molecule has 0 radical (unpaired) electrons. The molecule has 1 amide bonds. The topological polar surface area (TPSA) is 58.6 Å². The quantitative estimate of drug-likeness (QED) is 0.808. The SMILES string of the molecule is CC(C)(C(=O)NCc1ccccc1OCCO)c1cccc(Cl)c1. The summed E-state index contributed by atoms with van der Waals surface area (Å²) < 4.78 is 5.49. The van der Waals surface area contributed by atoms with Crippen LogP contribution in [0.2, 0.25) is 5.02 Å². The lowest BCUT2D eigenvalue weighted by Gasteiger charge is -2.24. The summed E-state index contributed by atoms with van der Waals surface area (Å²) in [5.74, 6) is 0.564. The monoisotopic (exact) mass is 347 g/mol. The second-order valence-electron chi connectivity index (χ2n) is 6.00. The van der Waals surface area contributed by atoms with Crippen LogP contribution in [-0.2, 0) is 16.8 Å². The molecule has 0 aliphatic carbocycles. The Bertz CT molecular complexity index is 701. The first-order valence-electron chi connectivity index (χ1n) is 7.81. The summed E-state index contributed by atoms with van der Waals surface area (Å²) in [6, 6.07) is 14.8. The molecule has 0 fully saturated rings. The molecule has 128 valence electrons. The lowest BCUT2D eigenvalue weighted by atomic mass is 9.83. The number of aliphatic hydroxyl groups is 1. The van der Waals surface area contributed by atoms with E-state index in [0.717, 1.165) is 11.1 Å². The van der Waals surface area contributed by atoms with Gasteiger partial charge in [0, 0.05) is 17.1 Å². The van der Waals surface area contributed by atoms with Crippen molar-refractivity contribution in [2.24, 2.45) is 0 Å². The van der Waals surface area contributed by atoms with Crippen molar-refractivity contribution in [1.29, 1.82) is 0 Å². The molecule has 5 heteroatoms. The first-order chi connectivity index (χ1) is 11.4. The molecule has 0 unspecified atom stereocenters. The first-order valence-corrected chi connectivity index (χ1v) is 8.19. The summed E-state index contributed by atoms with van der Waals surface area (Å²) in [5.41, 5.74) is 1.02. The number of rotatable bonds is 7. The van der Waals surface area contributed by atoms with Crippen molar-refractivity contribution in [2.75, 3.05) is 13.2 Å². The number of benzene rings is 2. The Balaban J connectivity index is 2.07. The van der Waals surface area contributed by atoms with E-state index in [1.807, 2.05) is 50.2 Å². The summed E-state index contributed by atoms with van der Waals surface area (Å²) in [4.78, 5) is 12.6. The number of halogens is 1. The molecule has 0 aliphatic heterocycles. The molecule has 0 bridgehead atoms. The van der Waals surface area contributed by atoms with Crippen molar-refractivity contribution < 1.29 is 14.6 Å². The molecule has 0 aromatic heterocycles. The first kappa shape index (κ1) is 18.3. The number of hydrogen-bond acceptors (Lipinski definition) is 3.